The van der Waals surface area contributed by atoms with E-state index in [1.54, 1.807) is 0 Å². The summed E-state index contributed by atoms with van der Waals surface area (Å²) in [7, 11) is 0. The van der Waals surface area contributed by atoms with Gasteiger partial charge in [0.05, 0.1) is 16.7 Å². The zero-order valence-corrected chi connectivity index (χ0v) is 26.8. The number of aromatic nitrogens is 2. The molecule has 3 heteroatoms. The average molecular weight is 629 g/mol. The lowest BCUT2D eigenvalue weighted by molar-refractivity contribution is 1.18. The molecule has 0 saturated heterocycles. The Morgan fingerprint density at radius 3 is 2.10 bits per heavy atom. The molecule has 3 heterocycles. The molecule has 48 heavy (non-hydrogen) atoms. The van der Waals surface area contributed by atoms with Gasteiger partial charge in [-0.1, -0.05) is 115 Å². The van der Waals surface area contributed by atoms with Crippen molar-refractivity contribution in [3.05, 3.63) is 170 Å². The van der Waals surface area contributed by atoms with Crippen molar-refractivity contribution in [3.8, 4) is 50.3 Å². The van der Waals surface area contributed by atoms with Crippen LogP contribution >= 0.6 is 11.8 Å². The lowest BCUT2D eigenvalue weighted by atomic mass is 9.94. The van der Waals surface area contributed by atoms with Crippen molar-refractivity contribution in [2.24, 2.45) is 0 Å². The maximum Gasteiger partial charge on any atom is 0.0708 e. The fourth-order valence-corrected chi connectivity index (χ4v) is 8.50. The third kappa shape index (κ3) is 4.32. The van der Waals surface area contributed by atoms with E-state index in [1.807, 2.05) is 24.0 Å². The number of rotatable bonds is 4. The lowest BCUT2D eigenvalue weighted by Gasteiger charge is -2.21. The summed E-state index contributed by atoms with van der Waals surface area (Å²) in [6, 6.07) is 59.5. The van der Waals surface area contributed by atoms with Crippen LogP contribution in [-0.2, 0) is 0 Å². The van der Waals surface area contributed by atoms with Crippen molar-refractivity contribution < 1.29 is 0 Å². The van der Waals surface area contributed by atoms with Crippen molar-refractivity contribution in [1.82, 2.24) is 9.55 Å². The van der Waals surface area contributed by atoms with Gasteiger partial charge in [0, 0.05) is 43.4 Å². The van der Waals surface area contributed by atoms with Gasteiger partial charge in [0.25, 0.3) is 0 Å². The van der Waals surface area contributed by atoms with E-state index in [1.165, 1.54) is 64.6 Å². The zero-order chi connectivity index (χ0) is 31.6. The fourth-order valence-electron chi connectivity index (χ4n) is 7.38. The molecule has 0 N–H and O–H groups in total. The molecule has 10 rings (SSSR count). The highest BCUT2D eigenvalue weighted by atomic mass is 32.2. The monoisotopic (exact) mass is 628 g/mol. The average Bonchev–Trinajstić information content (AvgIpc) is 3.49. The Kier molecular flexibility index (Phi) is 6.15. The first-order valence-corrected chi connectivity index (χ1v) is 17.1. The Labute approximate surface area is 283 Å². The normalized spacial score (nSPS) is 12.1. The van der Waals surface area contributed by atoms with Crippen LogP contribution in [-0.4, -0.2) is 9.55 Å². The van der Waals surface area contributed by atoms with E-state index in [0.29, 0.717) is 0 Å². The number of nitrogens with zero attached hydrogens (tertiary/aromatic N) is 2. The molecule has 0 unspecified atom stereocenters. The van der Waals surface area contributed by atoms with Gasteiger partial charge < -0.3 is 4.57 Å². The van der Waals surface area contributed by atoms with Gasteiger partial charge in [0.1, 0.15) is 0 Å². The summed E-state index contributed by atoms with van der Waals surface area (Å²) in [6.45, 7) is 0. The van der Waals surface area contributed by atoms with E-state index in [0.717, 1.165) is 28.1 Å². The van der Waals surface area contributed by atoms with Crippen LogP contribution in [0.25, 0.3) is 82.9 Å². The first-order valence-electron chi connectivity index (χ1n) is 16.3. The van der Waals surface area contributed by atoms with Crippen molar-refractivity contribution in [2.75, 3.05) is 0 Å². The molecule has 2 aromatic heterocycles. The van der Waals surface area contributed by atoms with Gasteiger partial charge in [0.2, 0.25) is 0 Å². The van der Waals surface area contributed by atoms with E-state index in [2.05, 4.69) is 167 Å². The molecule has 0 fully saturated rings. The third-order valence-electron chi connectivity index (χ3n) is 9.63. The molecule has 1 aliphatic rings. The van der Waals surface area contributed by atoms with E-state index in [-0.39, 0.29) is 0 Å². The Hall–Kier alpha value is -5.90. The summed E-state index contributed by atoms with van der Waals surface area (Å²) in [5.74, 6) is 0. The SMILES string of the molecule is c1ccc(-c2cc(-c3cccc(-n4c5ccccc5c5cc(-c6ccc7c(c6)-c6cccc8cccc(c68)S7)ccc54)c3)ccn2)cc1. The predicted molar refractivity (Wildman–Crippen MR) is 202 cm³/mol. The van der Waals surface area contributed by atoms with Gasteiger partial charge >= 0.3 is 0 Å². The topological polar surface area (TPSA) is 17.8 Å². The quantitative estimate of drug-likeness (QED) is 0.193. The van der Waals surface area contributed by atoms with E-state index >= 15 is 0 Å². The Morgan fingerprint density at radius 2 is 1.17 bits per heavy atom. The van der Waals surface area contributed by atoms with Gasteiger partial charge in [-0.2, -0.15) is 0 Å². The molecule has 0 aliphatic carbocycles. The summed E-state index contributed by atoms with van der Waals surface area (Å²) in [5, 5.41) is 5.16. The predicted octanol–water partition coefficient (Wildman–Crippen LogP) is 12.5. The minimum atomic E-state index is 0.976. The van der Waals surface area contributed by atoms with E-state index < -0.39 is 0 Å². The maximum atomic E-state index is 4.66. The number of fused-ring (bicyclic) bond motifs is 5. The number of hydrogen-bond acceptors (Lipinski definition) is 2. The molecule has 0 amide bonds. The Bertz CT molecular complexity index is 2700. The maximum absolute atomic E-state index is 4.66. The summed E-state index contributed by atoms with van der Waals surface area (Å²) >= 11 is 1.88. The molecular weight excluding hydrogens is 601 g/mol. The standard InChI is InChI=1S/C45H28N2S/c1-2-9-29(10-3-1)40-28-34(23-24-46-40)31-13-6-14-35(25-31)47-41-17-5-4-15-36(41)38-26-32(19-21-42(38)47)33-20-22-43-39(27-33)37-16-7-11-30-12-8-18-44(48-43)45(30)37/h1-28H. The highest BCUT2D eigenvalue weighted by molar-refractivity contribution is 7.99. The molecule has 0 spiro atoms. The molecule has 0 atom stereocenters. The molecule has 224 valence electrons. The molecule has 1 aliphatic heterocycles. The summed E-state index contributed by atoms with van der Waals surface area (Å²) < 4.78 is 2.40. The van der Waals surface area contributed by atoms with Crippen LogP contribution in [0.4, 0.5) is 0 Å². The third-order valence-corrected chi connectivity index (χ3v) is 10.8. The van der Waals surface area contributed by atoms with E-state index in [4.69, 9.17) is 0 Å². The van der Waals surface area contributed by atoms with Crippen LogP contribution in [0.5, 0.6) is 0 Å². The van der Waals surface area contributed by atoms with Gasteiger partial charge in [-0.15, -0.1) is 0 Å². The van der Waals surface area contributed by atoms with Crippen LogP contribution in [0.3, 0.4) is 0 Å². The van der Waals surface area contributed by atoms with Crippen molar-refractivity contribution in [2.45, 2.75) is 9.79 Å². The molecular formula is C45H28N2S. The lowest BCUT2D eigenvalue weighted by Crippen LogP contribution is -1.95. The molecule has 7 aromatic carbocycles. The van der Waals surface area contributed by atoms with Crippen LogP contribution < -0.4 is 0 Å². The molecule has 0 radical (unpaired) electrons. The second-order valence-corrected chi connectivity index (χ2v) is 13.5. The summed E-state index contributed by atoms with van der Waals surface area (Å²) in [5.41, 5.74) is 13.0. The summed E-state index contributed by atoms with van der Waals surface area (Å²) in [4.78, 5) is 7.31. The van der Waals surface area contributed by atoms with E-state index in [9.17, 15) is 0 Å². The minimum absolute atomic E-state index is 0.976. The largest absolute Gasteiger partial charge is 0.309 e. The number of benzene rings is 7. The molecule has 0 bridgehead atoms. The number of para-hydroxylation sites is 1. The Balaban J connectivity index is 1.09. The smallest absolute Gasteiger partial charge is 0.0708 e. The Morgan fingerprint density at radius 1 is 0.438 bits per heavy atom. The van der Waals surface area contributed by atoms with Crippen LogP contribution in [0.1, 0.15) is 0 Å². The van der Waals surface area contributed by atoms with Gasteiger partial charge in [-0.3, -0.25) is 4.98 Å². The second kappa shape index (κ2) is 10.8. The first-order chi connectivity index (χ1) is 23.8. The molecule has 9 aromatic rings. The van der Waals surface area contributed by atoms with Crippen LogP contribution in [0.15, 0.2) is 180 Å². The molecule has 0 saturated carbocycles. The van der Waals surface area contributed by atoms with Crippen molar-refractivity contribution >= 4 is 44.3 Å². The highest BCUT2D eigenvalue weighted by Crippen LogP contribution is 2.49. The number of pyridine rings is 1. The van der Waals surface area contributed by atoms with Crippen molar-refractivity contribution in [1.29, 1.82) is 0 Å². The second-order valence-electron chi connectivity index (χ2n) is 12.4. The van der Waals surface area contributed by atoms with Gasteiger partial charge in [-0.05, 0) is 99.4 Å². The number of hydrogen-bond donors (Lipinski definition) is 0. The minimum Gasteiger partial charge on any atom is -0.309 e. The van der Waals surface area contributed by atoms with Crippen molar-refractivity contribution in [3.63, 3.8) is 0 Å². The van der Waals surface area contributed by atoms with Gasteiger partial charge in [-0.25, -0.2) is 0 Å². The zero-order valence-electron chi connectivity index (χ0n) is 26.0. The summed E-state index contributed by atoms with van der Waals surface area (Å²) in [6.07, 6.45) is 1.91. The first kappa shape index (κ1) is 27.2. The fraction of sp³-hybridized carbons (Fsp3) is 0. The van der Waals surface area contributed by atoms with Crippen LogP contribution in [0, 0.1) is 0 Å². The highest BCUT2D eigenvalue weighted by Gasteiger charge is 2.20. The van der Waals surface area contributed by atoms with Crippen LogP contribution in [0.2, 0.25) is 0 Å². The van der Waals surface area contributed by atoms with Gasteiger partial charge in [0.15, 0.2) is 0 Å². The molecule has 2 nitrogen and oxygen atoms in total.